The standard InChI is InChI=1S/C31H34N2O3/c1-35-26-13-8-19(16-27(26)36-2)14-15-32-31(34)23-11-12-25-24(18-23)28-21-9-10-22(17-21)29(28)30(33-25)20-6-4-3-5-7-20/h3-8,11-13,16,18,21-22,28-30,33H,9-10,14-15,17H2,1-2H3,(H,32,34)/t21-,22-,28-,29+,30+/m0/s1. The zero-order valence-electron chi connectivity index (χ0n) is 21.0. The van der Waals surface area contributed by atoms with Crippen LogP contribution < -0.4 is 20.1 Å². The molecule has 1 heterocycles. The van der Waals surface area contributed by atoms with Crippen LogP contribution in [0.15, 0.2) is 66.7 Å². The van der Waals surface area contributed by atoms with Crippen LogP contribution in [0.1, 0.15) is 58.3 Å². The molecule has 2 saturated carbocycles. The summed E-state index contributed by atoms with van der Waals surface area (Å²) in [5.74, 6) is 4.04. The van der Waals surface area contributed by atoms with Crippen molar-refractivity contribution in [2.75, 3.05) is 26.1 Å². The highest BCUT2D eigenvalue weighted by Crippen LogP contribution is 2.63. The molecule has 3 aromatic rings. The van der Waals surface area contributed by atoms with Gasteiger partial charge in [-0.2, -0.15) is 0 Å². The van der Waals surface area contributed by atoms with Crippen molar-refractivity contribution in [2.24, 2.45) is 17.8 Å². The van der Waals surface area contributed by atoms with Crippen LogP contribution in [0.25, 0.3) is 0 Å². The van der Waals surface area contributed by atoms with Crippen molar-refractivity contribution in [2.45, 2.75) is 37.6 Å². The van der Waals surface area contributed by atoms with Crippen LogP contribution in [0.3, 0.4) is 0 Å². The van der Waals surface area contributed by atoms with Crippen molar-refractivity contribution >= 4 is 11.6 Å². The molecule has 6 rings (SSSR count). The second-order valence-electron chi connectivity index (χ2n) is 10.5. The quantitative estimate of drug-likeness (QED) is 0.435. The van der Waals surface area contributed by atoms with Gasteiger partial charge >= 0.3 is 0 Å². The van der Waals surface area contributed by atoms with Gasteiger partial charge in [-0.15, -0.1) is 0 Å². The lowest BCUT2D eigenvalue weighted by Crippen LogP contribution is -2.35. The van der Waals surface area contributed by atoms with Crippen LogP contribution in [0.4, 0.5) is 5.69 Å². The summed E-state index contributed by atoms with van der Waals surface area (Å²) in [6.45, 7) is 0.566. The number of hydrogen-bond donors (Lipinski definition) is 2. The van der Waals surface area contributed by atoms with Gasteiger partial charge in [0.25, 0.3) is 5.91 Å². The van der Waals surface area contributed by atoms with E-state index in [9.17, 15) is 4.79 Å². The summed E-state index contributed by atoms with van der Waals surface area (Å²) in [6.07, 6.45) is 4.70. The maximum Gasteiger partial charge on any atom is 0.251 e. The number of carbonyl (C=O) groups is 1. The average Bonchev–Trinajstić information content (AvgIpc) is 3.56. The summed E-state index contributed by atoms with van der Waals surface area (Å²) < 4.78 is 10.7. The zero-order chi connectivity index (χ0) is 24.6. The first-order valence-corrected chi connectivity index (χ1v) is 13.1. The Morgan fingerprint density at radius 1 is 0.944 bits per heavy atom. The molecule has 2 aliphatic carbocycles. The summed E-state index contributed by atoms with van der Waals surface area (Å²) in [6, 6.07) is 23.4. The summed E-state index contributed by atoms with van der Waals surface area (Å²) in [7, 11) is 3.27. The van der Waals surface area contributed by atoms with Crippen molar-refractivity contribution in [3.63, 3.8) is 0 Å². The Balaban J connectivity index is 1.19. The van der Waals surface area contributed by atoms with Gasteiger partial charge in [0.15, 0.2) is 11.5 Å². The summed E-state index contributed by atoms with van der Waals surface area (Å²) in [4.78, 5) is 13.1. The third kappa shape index (κ3) is 4.01. The largest absolute Gasteiger partial charge is 0.493 e. The minimum Gasteiger partial charge on any atom is -0.493 e. The van der Waals surface area contributed by atoms with Gasteiger partial charge in [-0.3, -0.25) is 4.79 Å². The minimum absolute atomic E-state index is 0.0110. The summed E-state index contributed by atoms with van der Waals surface area (Å²) in [5, 5.41) is 6.98. The van der Waals surface area contributed by atoms with Gasteiger partial charge in [0.1, 0.15) is 0 Å². The predicted molar refractivity (Wildman–Crippen MR) is 142 cm³/mol. The molecular weight excluding hydrogens is 448 g/mol. The van der Waals surface area contributed by atoms with E-state index in [1.807, 2.05) is 24.3 Å². The van der Waals surface area contributed by atoms with E-state index in [0.29, 0.717) is 35.9 Å². The summed E-state index contributed by atoms with van der Waals surface area (Å²) >= 11 is 0. The zero-order valence-corrected chi connectivity index (χ0v) is 21.0. The van der Waals surface area contributed by atoms with Gasteiger partial charge in [0.05, 0.1) is 20.3 Å². The van der Waals surface area contributed by atoms with Gasteiger partial charge in [0.2, 0.25) is 0 Å². The number of methoxy groups -OCH3 is 2. The van der Waals surface area contributed by atoms with Crippen molar-refractivity contribution in [3.05, 3.63) is 89.0 Å². The van der Waals surface area contributed by atoms with Gasteiger partial charge in [-0.1, -0.05) is 36.4 Å². The number of anilines is 1. The Morgan fingerprint density at radius 3 is 2.56 bits per heavy atom. The number of amides is 1. The van der Waals surface area contributed by atoms with Crippen molar-refractivity contribution in [1.29, 1.82) is 0 Å². The molecule has 2 N–H and O–H groups in total. The number of rotatable bonds is 7. The van der Waals surface area contributed by atoms with Gasteiger partial charge in [-0.05, 0) is 96.4 Å². The van der Waals surface area contributed by atoms with Crippen LogP contribution in [0.5, 0.6) is 11.5 Å². The van der Waals surface area contributed by atoms with Crippen molar-refractivity contribution < 1.29 is 14.3 Å². The molecule has 0 radical (unpaired) electrons. The maximum atomic E-state index is 13.1. The average molecular weight is 483 g/mol. The fourth-order valence-corrected chi connectivity index (χ4v) is 7.08. The molecule has 0 spiro atoms. The van der Waals surface area contributed by atoms with E-state index in [-0.39, 0.29) is 5.91 Å². The van der Waals surface area contributed by atoms with Gasteiger partial charge in [0, 0.05) is 17.8 Å². The minimum atomic E-state index is -0.0110. The van der Waals surface area contributed by atoms with E-state index in [1.54, 1.807) is 14.2 Å². The first kappa shape index (κ1) is 23.0. The Bertz CT molecular complexity index is 1260. The highest BCUT2D eigenvalue weighted by atomic mass is 16.5. The predicted octanol–water partition coefficient (Wildman–Crippen LogP) is 5.97. The molecule has 1 aliphatic heterocycles. The topological polar surface area (TPSA) is 59.6 Å². The number of fused-ring (bicyclic) bond motifs is 7. The Morgan fingerprint density at radius 2 is 1.75 bits per heavy atom. The molecule has 5 heteroatoms. The second kappa shape index (κ2) is 9.53. The SMILES string of the molecule is COc1ccc(CCNC(=O)c2ccc3c(c2)[C@@H]2[C@H]4CC[C@@H](C4)[C@H]2[C@@H](c2ccccc2)N3)cc1OC. The fourth-order valence-electron chi connectivity index (χ4n) is 7.08. The lowest BCUT2D eigenvalue weighted by Gasteiger charge is -2.43. The van der Waals surface area contributed by atoms with E-state index >= 15 is 0 Å². The van der Waals surface area contributed by atoms with Crippen LogP contribution in [-0.2, 0) is 6.42 Å². The number of benzene rings is 3. The molecule has 0 saturated heterocycles. The summed E-state index contributed by atoms with van der Waals surface area (Å²) in [5.41, 5.74) is 5.76. The third-order valence-electron chi connectivity index (χ3n) is 8.66. The number of nitrogens with one attached hydrogen (secondary N) is 2. The smallest absolute Gasteiger partial charge is 0.251 e. The molecule has 36 heavy (non-hydrogen) atoms. The van der Waals surface area contributed by atoms with E-state index in [0.717, 1.165) is 29.4 Å². The molecule has 0 aromatic heterocycles. The molecule has 3 aliphatic rings. The van der Waals surface area contributed by atoms with Crippen LogP contribution in [0.2, 0.25) is 0 Å². The molecule has 186 valence electrons. The Hall–Kier alpha value is -3.47. The lowest BCUT2D eigenvalue weighted by molar-refractivity contribution is 0.0954. The Kier molecular flexibility index (Phi) is 6.08. The van der Waals surface area contributed by atoms with Crippen LogP contribution in [-0.4, -0.2) is 26.7 Å². The highest BCUT2D eigenvalue weighted by molar-refractivity contribution is 5.95. The van der Waals surface area contributed by atoms with E-state index in [2.05, 4.69) is 53.1 Å². The monoisotopic (exact) mass is 482 g/mol. The van der Waals surface area contributed by atoms with Gasteiger partial charge < -0.3 is 20.1 Å². The van der Waals surface area contributed by atoms with Crippen molar-refractivity contribution in [3.8, 4) is 11.5 Å². The van der Waals surface area contributed by atoms with Crippen LogP contribution >= 0.6 is 0 Å². The number of hydrogen-bond acceptors (Lipinski definition) is 4. The third-order valence-corrected chi connectivity index (χ3v) is 8.66. The molecular formula is C31H34N2O3. The van der Waals surface area contributed by atoms with E-state index in [1.165, 1.54) is 36.1 Å². The second-order valence-corrected chi connectivity index (χ2v) is 10.5. The Labute approximate surface area is 213 Å². The first-order valence-electron chi connectivity index (χ1n) is 13.1. The lowest BCUT2D eigenvalue weighted by atomic mass is 9.68. The molecule has 2 bridgehead atoms. The number of ether oxygens (including phenoxy) is 2. The van der Waals surface area contributed by atoms with E-state index < -0.39 is 0 Å². The molecule has 0 unspecified atom stereocenters. The molecule has 5 nitrogen and oxygen atoms in total. The first-order chi connectivity index (χ1) is 17.7. The molecule has 5 atom stereocenters. The van der Waals surface area contributed by atoms with Gasteiger partial charge in [-0.25, -0.2) is 0 Å². The highest BCUT2D eigenvalue weighted by Gasteiger charge is 2.53. The number of carbonyl (C=O) groups excluding carboxylic acids is 1. The van der Waals surface area contributed by atoms with Crippen molar-refractivity contribution in [1.82, 2.24) is 5.32 Å². The maximum absolute atomic E-state index is 13.1. The fraction of sp³-hybridized carbons (Fsp3) is 0.387. The van der Waals surface area contributed by atoms with Crippen LogP contribution in [0, 0.1) is 17.8 Å². The molecule has 2 fully saturated rings. The van der Waals surface area contributed by atoms with E-state index in [4.69, 9.17) is 9.47 Å². The molecule has 1 amide bonds. The normalized spacial score (nSPS) is 25.4. The molecule has 3 aromatic carbocycles.